The highest BCUT2D eigenvalue weighted by Crippen LogP contribution is 2.44. The van der Waals surface area contributed by atoms with E-state index in [9.17, 15) is 40.5 Å². The molecule has 0 saturated heterocycles. The third-order valence-electron chi connectivity index (χ3n) is 2.42. The molecule has 2 aromatic heterocycles. The van der Waals surface area contributed by atoms with Crippen molar-refractivity contribution < 1.29 is 25.2 Å². The van der Waals surface area contributed by atoms with Crippen LogP contribution in [-0.4, -0.2) is 45.6 Å². The molecule has 0 fully saturated rings. The summed E-state index contributed by atoms with van der Waals surface area (Å²) in [6, 6.07) is 0. The number of H-pyrrole nitrogens is 2. The maximum absolute atomic E-state index is 10.9. The van der Waals surface area contributed by atoms with Gasteiger partial charge < -0.3 is 45.9 Å². The molecule has 0 bridgehead atoms. The predicted octanol–water partition coefficient (Wildman–Crippen LogP) is -0.392. The standard InChI is InChI=1S/C6H2N8O8.H2O/c15-11(16)3-1(4(8-7-3)12(17)18)2-5(13(19)20)9-10-6(2)14(21)22;/h(H,7,8)(H,9,10);1H2. The van der Waals surface area contributed by atoms with Crippen LogP contribution in [0.2, 0.25) is 0 Å². The molecule has 2 aromatic rings. The van der Waals surface area contributed by atoms with Crippen LogP contribution < -0.4 is 0 Å². The lowest BCUT2D eigenvalue weighted by molar-refractivity contribution is -0.397. The fourth-order valence-electron chi connectivity index (χ4n) is 1.64. The van der Waals surface area contributed by atoms with Crippen LogP contribution in [0.4, 0.5) is 23.3 Å². The minimum Gasteiger partial charge on any atom is -0.412 e. The Morgan fingerprint density at radius 3 is 1.17 bits per heavy atom. The molecular formula is C6H4N8O9. The topological polar surface area (TPSA) is 261 Å². The number of rotatable bonds is 5. The first-order valence-electron chi connectivity index (χ1n) is 5.00. The molecule has 17 nitrogen and oxygen atoms in total. The zero-order valence-electron chi connectivity index (χ0n) is 10.4. The summed E-state index contributed by atoms with van der Waals surface area (Å²) in [5, 5.41) is 52.9. The summed E-state index contributed by atoms with van der Waals surface area (Å²) in [6.07, 6.45) is 0. The number of hydrogen-bond donors (Lipinski definition) is 2. The predicted molar refractivity (Wildman–Crippen MR) is 66.4 cm³/mol. The Morgan fingerprint density at radius 2 is 0.957 bits per heavy atom. The molecule has 0 amide bonds. The molecule has 23 heavy (non-hydrogen) atoms. The summed E-state index contributed by atoms with van der Waals surface area (Å²) >= 11 is 0. The van der Waals surface area contributed by atoms with Gasteiger partial charge in [0.15, 0.2) is 11.1 Å². The smallest absolute Gasteiger partial charge is 0.412 e. The van der Waals surface area contributed by atoms with E-state index in [0.717, 1.165) is 0 Å². The van der Waals surface area contributed by atoms with Crippen LogP contribution in [0.15, 0.2) is 0 Å². The summed E-state index contributed by atoms with van der Waals surface area (Å²) in [5.41, 5.74) is -2.02. The van der Waals surface area contributed by atoms with Gasteiger partial charge in [-0.1, -0.05) is 0 Å². The maximum atomic E-state index is 10.9. The van der Waals surface area contributed by atoms with Crippen LogP contribution in [0.5, 0.6) is 0 Å². The number of aromatic amines is 2. The fourth-order valence-corrected chi connectivity index (χ4v) is 1.64. The van der Waals surface area contributed by atoms with Crippen molar-refractivity contribution in [1.82, 2.24) is 20.4 Å². The molecular weight excluding hydrogens is 328 g/mol. The van der Waals surface area contributed by atoms with Crippen LogP contribution in [0.25, 0.3) is 11.1 Å². The summed E-state index contributed by atoms with van der Waals surface area (Å²) in [7, 11) is 0. The van der Waals surface area contributed by atoms with Crippen LogP contribution in [-0.2, 0) is 0 Å². The number of nitrogens with one attached hydrogen (secondary N) is 2. The molecule has 0 unspecified atom stereocenters. The van der Waals surface area contributed by atoms with Gasteiger partial charge in [0.05, 0.1) is 0 Å². The fraction of sp³-hybridized carbons (Fsp3) is 0. The minimum absolute atomic E-state index is 0. The van der Waals surface area contributed by atoms with Crippen LogP contribution >= 0.6 is 0 Å². The summed E-state index contributed by atoms with van der Waals surface area (Å²) in [5.74, 6) is -4.59. The van der Waals surface area contributed by atoms with Gasteiger partial charge in [0.25, 0.3) is 0 Å². The SMILES string of the molecule is O.O=[N+]([O-])c1n[nH]c([N+](=O)[O-])c1-c1c([N+](=O)[O-])n[nH]c1[N+](=O)[O-]. The van der Waals surface area contributed by atoms with Crippen molar-refractivity contribution >= 4 is 23.3 Å². The highest BCUT2D eigenvalue weighted by molar-refractivity contribution is 5.88. The van der Waals surface area contributed by atoms with Crippen LogP contribution in [0, 0.1) is 40.5 Å². The summed E-state index contributed by atoms with van der Waals surface area (Å²) in [6.45, 7) is 0. The van der Waals surface area contributed by atoms with E-state index >= 15 is 0 Å². The van der Waals surface area contributed by atoms with Crippen molar-refractivity contribution in [2.75, 3.05) is 0 Å². The van der Waals surface area contributed by atoms with Gasteiger partial charge in [-0.15, -0.1) is 0 Å². The highest BCUT2D eigenvalue weighted by Gasteiger charge is 2.44. The summed E-state index contributed by atoms with van der Waals surface area (Å²) < 4.78 is 0. The molecule has 4 N–H and O–H groups in total. The lowest BCUT2D eigenvalue weighted by Crippen LogP contribution is -1.98. The van der Waals surface area contributed by atoms with E-state index < -0.39 is 54.1 Å². The molecule has 2 heterocycles. The van der Waals surface area contributed by atoms with Gasteiger partial charge in [0.1, 0.15) is 10.2 Å². The monoisotopic (exact) mass is 332 g/mol. The van der Waals surface area contributed by atoms with Gasteiger partial charge in [0, 0.05) is 0 Å². The molecule has 0 aliphatic heterocycles. The average molecular weight is 332 g/mol. The molecule has 0 spiro atoms. The molecule has 0 aliphatic rings. The number of aromatic nitrogens is 4. The molecule has 0 atom stereocenters. The lowest BCUT2D eigenvalue weighted by atomic mass is 10.1. The largest absolute Gasteiger partial charge is 0.428 e. The Hall–Kier alpha value is -4.02. The van der Waals surface area contributed by atoms with Gasteiger partial charge in [-0.25, -0.2) is 0 Å². The second-order valence-electron chi connectivity index (χ2n) is 3.57. The van der Waals surface area contributed by atoms with Gasteiger partial charge in [-0.05, 0) is 29.9 Å². The molecule has 2 rings (SSSR count). The first kappa shape index (κ1) is 17.0. The van der Waals surface area contributed by atoms with Gasteiger partial charge in [0.2, 0.25) is 0 Å². The first-order valence-corrected chi connectivity index (χ1v) is 5.00. The third kappa shape index (κ3) is 2.61. The van der Waals surface area contributed by atoms with E-state index in [1.807, 2.05) is 0 Å². The second kappa shape index (κ2) is 5.77. The number of nitrogens with zero attached hydrogens (tertiary/aromatic N) is 6. The molecule has 0 saturated carbocycles. The molecule has 17 heteroatoms. The molecule has 0 aliphatic carbocycles. The van der Waals surface area contributed by atoms with Gasteiger partial charge >= 0.3 is 23.3 Å². The van der Waals surface area contributed by atoms with Crippen molar-refractivity contribution in [3.05, 3.63) is 40.5 Å². The summed E-state index contributed by atoms with van der Waals surface area (Å²) in [4.78, 5) is 38.7. The maximum Gasteiger partial charge on any atom is 0.428 e. The Kier molecular flexibility index (Phi) is 4.27. The Balaban J connectivity index is 0.00000264. The van der Waals surface area contributed by atoms with E-state index in [-0.39, 0.29) is 5.48 Å². The quantitative estimate of drug-likeness (QED) is 0.528. The molecule has 122 valence electrons. The Morgan fingerprint density at radius 1 is 0.652 bits per heavy atom. The van der Waals surface area contributed by atoms with Gasteiger partial charge in [-0.3, -0.25) is 0 Å². The number of nitro groups is 4. The third-order valence-corrected chi connectivity index (χ3v) is 2.42. The van der Waals surface area contributed by atoms with Crippen molar-refractivity contribution in [2.45, 2.75) is 0 Å². The lowest BCUT2D eigenvalue weighted by Gasteiger charge is -1.97. The van der Waals surface area contributed by atoms with E-state index in [4.69, 9.17) is 0 Å². The van der Waals surface area contributed by atoms with E-state index in [1.165, 1.54) is 0 Å². The zero-order valence-corrected chi connectivity index (χ0v) is 10.4. The minimum atomic E-state index is -1.18. The Bertz CT molecular complexity index is 689. The van der Waals surface area contributed by atoms with E-state index in [2.05, 4.69) is 10.2 Å². The van der Waals surface area contributed by atoms with E-state index in [1.54, 1.807) is 10.2 Å². The van der Waals surface area contributed by atoms with Crippen molar-refractivity contribution in [3.63, 3.8) is 0 Å². The Labute approximate surface area is 121 Å². The first-order chi connectivity index (χ1) is 10.3. The average Bonchev–Trinajstić information content (AvgIpc) is 3.01. The molecule has 0 aromatic carbocycles. The molecule has 0 radical (unpaired) electrons. The van der Waals surface area contributed by atoms with Crippen LogP contribution in [0.1, 0.15) is 0 Å². The normalized spacial score (nSPS) is 9.91. The van der Waals surface area contributed by atoms with Crippen molar-refractivity contribution in [3.8, 4) is 11.1 Å². The van der Waals surface area contributed by atoms with E-state index in [0.29, 0.717) is 0 Å². The van der Waals surface area contributed by atoms with Crippen molar-refractivity contribution in [2.24, 2.45) is 0 Å². The highest BCUT2D eigenvalue weighted by atomic mass is 16.6. The van der Waals surface area contributed by atoms with Crippen LogP contribution in [0.3, 0.4) is 0 Å². The number of hydrogen-bond acceptors (Lipinski definition) is 10. The zero-order chi connectivity index (χ0) is 16.6. The van der Waals surface area contributed by atoms with Gasteiger partial charge in [-0.2, -0.15) is 0 Å². The van der Waals surface area contributed by atoms with Crippen molar-refractivity contribution in [1.29, 1.82) is 0 Å². The second-order valence-corrected chi connectivity index (χ2v) is 3.57.